The summed E-state index contributed by atoms with van der Waals surface area (Å²) >= 11 is 0. The van der Waals surface area contributed by atoms with E-state index in [0.717, 1.165) is 40.0 Å². The van der Waals surface area contributed by atoms with Gasteiger partial charge in [-0.05, 0) is 19.9 Å². The smallest absolute Gasteiger partial charge is 0.163 e. The van der Waals surface area contributed by atoms with Crippen molar-refractivity contribution in [1.82, 2.24) is 19.7 Å². The number of carbonyl (C=O) groups is 1. The largest absolute Gasteiger partial charge is 0.496 e. The summed E-state index contributed by atoms with van der Waals surface area (Å²) in [6.45, 7) is 4.31. The fourth-order valence-corrected chi connectivity index (χ4v) is 3.31. The first kappa shape index (κ1) is 17.9. The van der Waals surface area contributed by atoms with E-state index in [-0.39, 0.29) is 5.78 Å². The monoisotopic (exact) mass is 372 g/mol. The van der Waals surface area contributed by atoms with Gasteiger partial charge in [-0.15, -0.1) is 0 Å². The Bertz CT molecular complexity index is 1170. The number of aryl methyl sites for hydroxylation is 1. The number of aromatic nitrogens is 4. The van der Waals surface area contributed by atoms with Crippen molar-refractivity contribution in [2.45, 2.75) is 20.4 Å². The van der Waals surface area contributed by atoms with Gasteiger partial charge in [-0.2, -0.15) is 5.10 Å². The minimum absolute atomic E-state index is 0.0684. The molecule has 140 valence electrons. The maximum atomic E-state index is 12.1. The number of hydrogen-bond acceptors (Lipinski definition) is 5. The third-order valence-corrected chi connectivity index (χ3v) is 4.72. The number of nitrogens with zero attached hydrogens (tertiary/aromatic N) is 4. The van der Waals surface area contributed by atoms with Crippen LogP contribution in [0.25, 0.3) is 33.4 Å². The average Bonchev–Trinajstić information content (AvgIpc) is 3.17. The van der Waals surface area contributed by atoms with Gasteiger partial charge in [-0.3, -0.25) is 9.48 Å². The molecule has 0 amide bonds. The van der Waals surface area contributed by atoms with Gasteiger partial charge in [0.1, 0.15) is 17.8 Å². The van der Waals surface area contributed by atoms with Crippen molar-refractivity contribution in [2.75, 3.05) is 7.11 Å². The number of Topliss-reactive ketones (excluding diaryl/α,β-unsaturated/α-hetero) is 1. The van der Waals surface area contributed by atoms with Gasteiger partial charge >= 0.3 is 0 Å². The number of ketones is 1. The number of benzene rings is 2. The third-order valence-electron chi connectivity index (χ3n) is 4.72. The molecule has 6 heteroatoms. The summed E-state index contributed by atoms with van der Waals surface area (Å²) in [6, 6.07) is 13.6. The van der Waals surface area contributed by atoms with Crippen molar-refractivity contribution in [3.05, 3.63) is 60.6 Å². The van der Waals surface area contributed by atoms with Crippen molar-refractivity contribution in [3.8, 4) is 28.3 Å². The zero-order valence-electron chi connectivity index (χ0n) is 16.0. The predicted molar refractivity (Wildman–Crippen MR) is 108 cm³/mol. The molecule has 0 atom stereocenters. The van der Waals surface area contributed by atoms with Gasteiger partial charge < -0.3 is 4.74 Å². The van der Waals surface area contributed by atoms with Gasteiger partial charge in [0.2, 0.25) is 0 Å². The molecule has 4 aromatic rings. The fraction of sp³-hybridized carbons (Fsp3) is 0.182. The van der Waals surface area contributed by atoms with Crippen LogP contribution in [0.15, 0.2) is 55.0 Å². The Hall–Kier alpha value is -3.54. The van der Waals surface area contributed by atoms with Crippen molar-refractivity contribution in [1.29, 1.82) is 0 Å². The topological polar surface area (TPSA) is 69.9 Å². The number of hydrogen-bond donors (Lipinski definition) is 0. The molecule has 4 rings (SSSR count). The molecular formula is C22H20N4O2. The fourth-order valence-electron chi connectivity index (χ4n) is 3.31. The van der Waals surface area contributed by atoms with Crippen LogP contribution in [0.4, 0.5) is 0 Å². The highest BCUT2D eigenvalue weighted by Crippen LogP contribution is 2.35. The molecule has 0 unspecified atom stereocenters. The molecule has 2 aromatic heterocycles. The van der Waals surface area contributed by atoms with Crippen LogP contribution in [0, 0.1) is 0 Å². The quantitative estimate of drug-likeness (QED) is 0.486. The molecule has 0 fully saturated rings. The third kappa shape index (κ3) is 3.03. The predicted octanol–water partition coefficient (Wildman–Crippen LogP) is 4.39. The Labute approximate surface area is 162 Å². The zero-order valence-corrected chi connectivity index (χ0v) is 16.0. The lowest BCUT2D eigenvalue weighted by atomic mass is 10.00. The number of carbonyl (C=O) groups excluding carboxylic acids is 1. The van der Waals surface area contributed by atoms with Crippen LogP contribution in [-0.2, 0) is 6.54 Å². The average molecular weight is 372 g/mol. The van der Waals surface area contributed by atoms with Gasteiger partial charge in [0.05, 0.1) is 23.9 Å². The zero-order chi connectivity index (χ0) is 19.7. The summed E-state index contributed by atoms with van der Waals surface area (Å²) in [5.41, 5.74) is 4.73. The lowest BCUT2D eigenvalue weighted by molar-refractivity contribution is 0.101. The van der Waals surface area contributed by atoms with Gasteiger partial charge in [0.15, 0.2) is 5.78 Å². The van der Waals surface area contributed by atoms with E-state index >= 15 is 0 Å². The summed E-state index contributed by atoms with van der Waals surface area (Å²) in [5, 5.41) is 5.53. The molecule has 0 aliphatic rings. The van der Waals surface area contributed by atoms with Crippen LogP contribution >= 0.6 is 0 Å². The SMILES string of the molecule is CCn1cc(-c2ncnc3cc(OC)c(C(C)=O)cc23)c(-c2ccccc2)n1. The maximum absolute atomic E-state index is 12.1. The Balaban J connectivity index is 2.01. The highest BCUT2D eigenvalue weighted by atomic mass is 16.5. The summed E-state index contributed by atoms with van der Waals surface area (Å²) in [6.07, 6.45) is 3.52. The Kier molecular flexibility index (Phi) is 4.61. The summed E-state index contributed by atoms with van der Waals surface area (Å²) in [4.78, 5) is 21.0. The van der Waals surface area contributed by atoms with Crippen LogP contribution in [0.2, 0.25) is 0 Å². The van der Waals surface area contributed by atoms with Crippen LogP contribution in [0.1, 0.15) is 24.2 Å². The van der Waals surface area contributed by atoms with E-state index in [1.54, 1.807) is 13.2 Å². The minimum atomic E-state index is -0.0684. The van der Waals surface area contributed by atoms with Crippen molar-refractivity contribution in [3.63, 3.8) is 0 Å². The number of ether oxygens (including phenoxy) is 1. The summed E-state index contributed by atoms with van der Waals surface area (Å²) < 4.78 is 7.27. The van der Waals surface area contributed by atoms with Crippen LogP contribution < -0.4 is 4.74 Å². The van der Waals surface area contributed by atoms with Crippen LogP contribution in [0.5, 0.6) is 5.75 Å². The molecule has 28 heavy (non-hydrogen) atoms. The molecule has 0 saturated carbocycles. The summed E-state index contributed by atoms with van der Waals surface area (Å²) in [5.74, 6) is 0.443. The van der Waals surface area contributed by atoms with E-state index in [4.69, 9.17) is 9.84 Å². The molecule has 0 radical (unpaired) electrons. The van der Waals surface area contributed by atoms with Crippen LogP contribution in [0.3, 0.4) is 0 Å². The Morgan fingerprint density at radius 2 is 1.89 bits per heavy atom. The second-order valence-electron chi connectivity index (χ2n) is 6.46. The lowest BCUT2D eigenvalue weighted by Gasteiger charge is -2.10. The number of rotatable bonds is 5. The Morgan fingerprint density at radius 1 is 1.11 bits per heavy atom. The van der Waals surface area contributed by atoms with Crippen molar-refractivity contribution < 1.29 is 9.53 Å². The van der Waals surface area contributed by atoms with Crippen molar-refractivity contribution in [2.24, 2.45) is 0 Å². The second-order valence-corrected chi connectivity index (χ2v) is 6.46. The van der Waals surface area contributed by atoms with E-state index in [0.29, 0.717) is 11.3 Å². The molecule has 0 saturated heterocycles. The molecule has 0 aliphatic heterocycles. The highest BCUT2D eigenvalue weighted by molar-refractivity contribution is 6.04. The maximum Gasteiger partial charge on any atom is 0.163 e. The summed E-state index contributed by atoms with van der Waals surface area (Å²) in [7, 11) is 1.55. The lowest BCUT2D eigenvalue weighted by Crippen LogP contribution is -1.99. The molecule has 0 N–H and O–H groups in total. The number of methoxy groups -OCH3 is 1. The molecular weight excluding hydrogens is 352 g/mol. The van der Waals surface area contributed by atoms with E-state index in [2.05, 4.69) is 9.97 Å². The Morgan fingerprint density at radius 3 is 2.57 bits per heavy atom. The molecule has 6 nitrogen and oxygen atoms in total. The van der Waals surface area contributed by atoms with Gasteiger partial charge in [-0.25, -0.2) is 9.97 Å². The van der Waals surface area contributed by atoms with Gasteiger partial charge in [0, 0.05) is 35.3 Å². The highest BCUT2D eigenvalue weighted by Gasteiger charge is 2.19. The first-order valence-electron chi connectivity index (χ1n) is 9.09. The van der Waals surface area contributed by atoms with E-state index in [9.17, 15) is 4.79 Å². The molecule has 0 bridgehead atoms. The standard InChI is InChI=1S/C22H20N4O2/c1-4-26-12-18(21(25-26)15-8-6-5-7-9-15)22-17-10-16(14(2)27)20(28-3)11-19(17)23-13-24-22/h5-13H,4H2,1-3H3. The van der Waals surface area contributed by atoms with Crippen LogP contribution in [-0.4, -0.2) is 32.6 Å². The van der Waals surface area contributed by atoms with E-state index in [1.165, 1.54) is 13.3 Å². The first-order chi connectivity index (χ1) is 13.6. The minimum Gasteiger partial charge on any atom is -0.496 e. The van der Waals surface area contributed by atoms with Gasteiger partial charge in [-0.1, -0.05) is 30.3 Å². The molecule has 0 spiro atoms. The van der Waals surface area contributed by atoms with E-state index in [1.807, 2.05) is 54.2 Å². The molecule has 0 aliphatic carbocycles. The first-order valence-corrected chi connectivity index (χ1v) is 9.09. The molecule has 2 aromatic carbocycles. The second kappa shape index (κ2) is 7.23. The van der Waals surface area contributed by atoms with Crippen molar-refractivity contribution >= 4 is 16.7 Å². The van der Waals surface area contributed by atoms with E-state index < -0.39 is 0 Å². The normalized spacial score (nSPS) is 11.0. The number of fused-ring (bicyclic) bond motifs is 1. The van der Waals surface area contributed by atoms with Gasteiger partial charge in [0.25, 0.3) is 0 Å². The molecule has 2 heterocycles.